The van der Waals surface area contributed by atoms with Gasteiger partial charge in [0.05, 0.1) is 24.3 Å². The molecule has 0 spiro atoms. The fourth-order valence-electron chi connectivity index (χ4n) is 1.83. The normalized spacial score (nSPS) is 9.56. The standard InChI is InChI=1S/C15H11NO2/c1-18-15-7-6-11(8-13(15)10-17)14-5-3-2-4-12(14)9-16/h2-8,10H,1H3. The van der Waals surface area contributed by atoms with Crippen LogP contribution in [0.25, 0.3) is 11.1 Å². The lowest BCUT2D eigenvalue weighted by Crippen LogP contribution is -1.92. The predicted molar refractivity (Wildman–Crippen MR) is 68.5 cm³/mol. The van der Waals surface area contributed by atoms with Crippen molar-refractivity contribution in [2.75, 3.05) is 7.11 Å². The van der Waals surface area contributed by atoms with Crippen molar-refractivity contribution in [1.29, 1.82) is 5.26 Å². The maximum absolute atomic E-state index is 11.0. The van der Waals surface area contributed by atoms with Gasteiger partial charge in [-0.1, -0.05) is 24.3 Å². The van der Waals surface area contributed by atoms with Crippen molar-refractivity contribution in [3.05, 3.63) is 53.6 Å². The summed E-state index contributed by atoms with van der Waals surface area (Å²) in [6.45, 7) is 0. The third-order valence-electron chi connectivity index (χ3n) is 2.72. The van der Waals surface area contributed by atoms with Gasteiger partial charge in [-0.3, -0.25) is 4.79 Å². The highest BCUT2D eigenvalue weighted by Crippen LogP contribution is 2.27. The fraction of sp³-hybridized carbons (Fsp3) is 0.0667. The molecule has 88 valence electrons. The highest BCUT2D eigenvalue weighted by Gasteiger charge is 2.08. The van der Waals surface area contributed by atoms with Crippen LogP contribution in [-0.2, 0) is 0 Å². The van der Waals surface area contributed by atoms with Gasteiger partial charge in [-0.2, -0.15) is 5.26 Å². The molecule has 0 saturated heterocycles. The van der Waals surface area contributed by atoms with Crippen LogP contribution in [0.15, 0.2) is 42.5 Å². The monoisotopic (exact) mass is 237 g/mol. The van der Waals surface area contributed by atoms with Gasteiger partial charge in [0, 0.05) is 0 Å². The van der Waals surface area contributed by atoms with E-state index in [0.29, 0.717) is 16.9 Å². The quantitative estimate of drug-likeness (QED) is 0.771. The van der Waals surface area contributed by atoms with Crippen LogP contribution in [0, 0.1) is 11.3 Å². The van der Waals surface area contributed by atoms with Gasteiger partial charge in [0.1, 0.15) is 5.75 Å². The average Bonchev–Trinajstić information content (AvgIpc) is 2.46. The molecular weight excluding hydrogens is 226 g/mol. The van der Waals surface area contributed by atoms with Crippen LogP contribution in [0.4, 0.5) is 0 Å². The molecule has 0 bridgehead atoms. The van der Waals surface area contributed by atoms with Gasteiger partial charge in [0.25, 0.3) is 0 Å². The van der Waals surface area contributed by atoms with E-state index in [-0.39, 0.29) is 0 Å². The summed E-state index contributed by atoms with van der Waals surface area (Å²) in [5.74, 6) is 0.531. The summed E-state index contributed by atoms with van der Waals surface area (Å²) in [6, 6.07) is 14.7. The topological polar surface area (TPSA) is 50.1 Å². The molecule has 2 rings (SSSR count). The van der Waals surface area contributed by atoms with Gasteiger partial charge >= 0.3 is 0 Å². The van der Waals surface area contributed by atoms with Gasteiger partial charge in [0.15, 0.2) is 6.29 Å². The van der Waals surface area contributed by atoms with E-state index in [1.165, 1.54) is 7.11 Å². The second kappa shape index (κ2) is 5.15. The molecule has 0 radical (unpaired) electrons. The minimum absolute atomic E-state index is 0.475. The molecule has 3 nitrogen and oxygen atoms in total. The van der Waals surface area contributed by atoms with Crippen LogP contribution in [0.3, 0.4) is 0 Å². The lowest BCUT2D eigenvalue weighted by molar-refractivity contribution is 0.112. The van der Waals surface area contributed by atoms with Gasteiger partial charge in [0.2, 0.25) is 0 Å². The molecule has 0 aromatic heterocycles. The SMILES string of the molecule is COc1ccc(-c2ccccc2C#N)cc1C=O. The van der Waals surface area contributed by atoms with Crippen LogP contribution in [-0.4, -0.2) is 13.4 Å². The fourth-order valence-corrected chi connectivity index (χ4v) is 1.83. The molecule has 0 saturated carbocycles. The first-order valence-corrected chi connectivity index (χ1v) is 5.43. The Bertz CT molecular complexity index is 627. The first kappa shape index (κ1) is 11.9. The summed E-state index contributed by atoms with van der Waals surface area (Å²) in [7, 11) is 1.52. The lowest BCUT2D eigenvalue weighted by Gasteiger charge is -2.08. The van der Waals surface area contributed by atoms with Crippen molar-refractivity contribution in [2.24, 2.45) is 0 Å². The summed E-state index contributed by atoms with van der Waals surface area (Å²) >= 11 is 0. The minimum Gasteiger partial charge on any atom is -0.496 e. The zero-order chi connectivity index (χ0) is 13.0. The van der Waals surface area contributed by atoms with Crippen LogP contribution >= 0.6 is 0 Å². The molecule has 0 aliphatic heterocycles. The molecule has 0 amide bonds. The number of carbonyl (C=O) groups excluding carboxylic acids is 1. The number of carbonyl (C=O) groups is 1. The van der Waals surface area contributed by atoms with Crippen LogP contribution in [0.1, 0.15) is 15.9 Å². The van der Waals surface area contributed by atoms with E-state index in [4.69, 9.17) is 10.00 Å². The summed E-state index contributed by atoms with van der Waals surface area (Å²) in [6.07, 6.45) is 0.747. The van der Waals surface area contributed by atoms with E-state index < -0.39 is 0 Å². The second-order valence-corrected chi connectivity index (χ2v) is 3.73. The number of benzene rings is 2. The molecule has 18 heavy (non-hydrogen) atoms. The molecule has 0 fully saturated rings. The molecule has 2 aromatic rings. The zero-order valence-electron chi connectivity index (χ0n) is 9.88. The third-order valence-corrected chi connectivity index (χ3v) is 2.72. The van der Waals surface area contributed by atoms with Gasteiger partial charge in [-0.15, -0.1) is 0 Å². The molecule has 2 aromatic carbocycles. The smallest absolute Gasteiger partial charge is 0.153 e. The van der Waals surface area contributed by atoms with E-state index in [1.54, 1.807) is 18.2 Å². The summed E-state index contributed by atoms with van der Waals surface area (Å²) in [4.78, 5) is 11.0. The first-order valence-electron chi connectivity index (χ1n) is 5.43. The Morgan fingerprint density at radius 2 is 2.00 bits per heavy atom. The van der Waals surface area contributed by atoms with E-state index in [9.17, 15) is 4.79 Å². The molecule has 0 atom stereocenters. The predicted octanol–water partition coefficient (Wildman–Crippen LogP) is 3.05. The van der Waals surface area contributed by atoms with E-state index in [0.717, 1.165) is 17.4 Å². The molecule has 0 N–H and O–H groups in total. The van der Waals surface area contributed by atoms with E-state index in [2.05, 4.69) is 6.07 Å². The zero-order valence-corrected chi connectivity index (χ0v) is 9.88. The Morgan fingerprint density at radius 1 is 1.22 bits per heavy atom. The number of nitrogens with zero attached hydrogens (tertiary/aromatic N) is 1. The largest absolute Gasteiger partial charge is 0.496 e. The van der Waals surface area contributed by atoms with Gasteiger partial charge < -0.3 is 4.74 Å². The maximum Gasteiger partial charge on any atom is 0.153 e. The third kappa shape index (κ3) is 2.09. The van der Waals surface area contributed by atoms with Crippen LogP contribution in [0.2, 0.25) is 0 Å². The number of ether oxygens (including phenoxy) is 1. The number of aldehydes is 1. The highest BCUT2D eigenvalue weighted by atomic mass is 16.5. The lowest BCUT2D eigenvalue weighted by atomic mass is 9.98. The molecule has 0 heterocycles. The highest BCUT2D eigenvalue weighted by molar-refractivity contribution is 5.84. The van der Waals surface area contributed by atoms with Gasteiger partial charge in [-0.25, -0.2) is 0 Å². The van der Waals surface area contributed by atoms with E-state index in [1.807, 2.05) is 24.3 Å². The summed E-state index contributed by atoms with van der Waals surface area (Å²) in [5, 5.41) is 9.06. The van der Waals surface area contributed by atoms with Crippen LogP contribution < -0.4 is 4.74 Å². The van der Waals surface area contributed by atoms with Crippen molar-refractivity contribution >= 4 is 6.29 Å². The molecule has 0 aliphatic rings. The Kier molecular flexibility index (Phi) is 3.40. The number of rotatable bonds is 3. The summed E-state index contributed by atoms with van der Waals surface area (Å²) < 4.78 is 5.09. The Hall–Kier alpha value is -2.60. The van der Waals surface area contributed by atoms with Crippen molar-refractivity contribution in [1.82, 2.24) is 0 Å². The van der Waals surface area contributed by atoms with Crippen molar-refractivity contribution in [3.8, 4) is 22.9 Å². The summed E-state index contributed by atoms with van der Waals surface area (Å²) in [5.41, 5.74) is 2.70. The first-order chi connectivity index (χ1) is 8.80. The van der Waals surface area contributed by atoms with Gasteiger partial charge in [-0.05, 0) is 29.3 Å². The maximum atomic E-state index is 11.0. The second-order valence-electron chi connectivity index (χ2n) is 3.73. The number of nitriles is 1. The minimum atomic E-state index is 0.475. The number of hydrogen-bond acceptors (Lipinski definition) is 3. The Morgan fingerprint density at radius 3 is 2.67 bits per heavy atom. The van der Waals surface area contributed by atoms with Crippen molar-refractivity contribution < 1.29 is 9.53 Å². The Labute approximate surface area is 105 Å². The van der Waals surface area contributed by atoms with E-state index >= 15 is 0 Å². The number of methoxy groups -OCH3 is 1. The van der Waals surface area contributed by atoms with Crippen LogP contribution in [0.5, 0.6) is 5.75 Å². The van der Waals surface area contributed by atoms with Crippen molar-refractivity contribution in [2.45, 2.75) is 0 Å². The molecule has 3 heteroatoms. The molecular formula is C15H11NO2. The number of hydrogen-bond donors (Lipinski definition) is 0. The Balaban J connectivity index is 2.59. The molecule has 0 unspecified atom stereocenters. The average molecular weight is 237 g/mol. The van der Waals surface area contributed by atoms with Crippen molar-refractivity contribution in [3.63, 3.8) is 0 Å². The molecule has 0 aliphatic carbocycles.